The van der Waals surface area contributed by atoms with E-state index in [0.29, 0.717) is 5.88 Å². The Morgan fingerprint density at radius 2 is 2.00 bits per heavy atom. The summed E-state index contributed by atoms with van der Waals surface area (Å²) in [6.45, 7) is 2.84. The summed E-state index contributed by atoms with van der Waals surface area (Å²) in [5.41, 5.74) is 0. The number of anilines is 1. The van der Waals surface area contributed by atoms with Crippen molar-refractivity contribution in [2.75, 3.05) is 18.1 Å². The third-order valence-corrected chi connectivity index (χ3v) is 3.03. The van der Waals surface area contributed by atoms with Crippen molar-refractivity contribution in [2.45, 2.75) is 11.8 Å². The third-order valence-electron chi connectivity index (χ3n) is 2.28. The summed E-state index contributed by atoms with van der Waals surface area (Å²) in [5, 5.41) is 3.12. The van der Waals surface area contributed by atoms with E-state index in [-0.39, 0.29) is 0 Å². The highest BCUT2D eigenvalue weighted by molar-refractivity contribution is 7.98. The maximum atomic E-state index is 5.66. The maximum absolute atomic E-state index is 5.66. The molecule has 0 unspecified atom stereocenters. The van der Waals surface area contributed by atoms with Crippen LogP contribution in [0.3, 0.4) is 0 Å². The van der Waals surface area contributed by atoms with Crippen LogP contribution in [0.5, 0.6) is 11.6 Å². The molecule has 1 heterocycles. The molecule has 1 aromatic carbocycles. The van der Waals surface area contributed by atoms with Crippen LogP contribution in [-0.4, -0.2) is 22.8 Å². The molecule has 2 rings (SSSR count). The van der Waals surface area contributed by atoms with E-state index in [9.17, 15) is 0 Å². The van der Waals surface area contributed by atoms with Crippen molar-refractivity contribution >= 4 is 17.6 Å². The van der Waals surface area contributed by atoms with Crippen LogP contribution in [0.4, 0.5) is 5.82 Å². The second-order valence-electron chi connectivity index (χ2n) is 3.55. The Labute approximate surface area is 111 Å². The molecule has 0 aliphatic rings. The van der Waals surface area contributed by atoms with E-state index >= 15 is 0 Å². The Morgan fingerprint density at radius 3 is 2.67 bits per heavy atom. The smallest absolute Gasteiger partial charge is 0.224 e. The fourth-order valence-corrected chi connectivity index (χ4v) is 1.85. The third kappa shape index (κ3) is 3.37. The summed E-state index contributed by atoms with van der Waals surface area (Å²) in [6.07, 6.45) is 3.53. The first-order valence-corrected chi connectivity index (χ1v) is 6.92. The number of thioether (sulfide) groups is 1. The highest BCUT2D eigenvalue weighted by Gasteiger charge is 2.01. The summed E-state index contributed by atoms with van der Waals surface area (Å²) in [5.74, 6) is 2.08. The number of nitrogens with zero attached hydrogens (tertiary/aromatic N) is 2. The molecule has 5 heteroatoms. The minimum atomic E-state index is 0.540. The zero-order chi connectivity index (χ0) is 12.8. The van der Waals surface area contributed by atoms with Crippen molar-refractivity contribution in [3.8, 4) is 11.6 Å². The van der Waals surface area contributed by atoms with Crippen LogP contribution in [-0.2, 0) is 0 Å². The largest absolute Gasteiger partial charge is 0.439 e. The van der Waals surface area contributed by atoms with Gasteiger partial charge in [0.2, 0.25) is 5.88 Å². The molecule has 18 heavy (non-hydrogen) atoms. The monoisotopic (exact) mass is 261 g/mol. The molecule has 0 aliphatic heterocycles. The van der Waals surface area contributed by atoms with Gasteiger partial charge in [0, 0.05) is 17.5 Å². The van der Waals surface area contributed by atoms with E-state index < -0.39 is 0 Å². The van der Waals surface area contributed by atoms with Crippen molar-refractivity contribution in [3.05, 3.63) is 36.7 Å². The number of rotatable bonds is 5. The predicted octanol–water partition coefficient (Wildman–Crippen LogP) is 3.42. The molecule has 0 atom stereocenters. The lowest BCUT2D eigenvalue weighted by Crippen LogP contribution is -2.00. The topological polar surface area (TPSA) is 47.0 Å². The first-order chi connectivity index (χ1) is 8.81. The molecule has 1 N–H and O–H groups in total. The van der Waals surface area contributed by atoms with Crippen LogP contribution in [0.2, 0.25) is 0 Å². The van der Waals surface area contributed by atoms with E-state index in [4.69, 9.17) is 4.74 Å². The van der Waals surface area contributed by atoms with E-state index in [2.05, 4.69) is 15.3 Å². The van der Waals surface area contributed by atoms with Crippen LogP contribution in [0, 0.1) is 0 Å². The summed E-state index contributed by atoms with van der Waals surface area (Å²) < 4.78 is 5.66. The van der Waals surface area contributed by atoms with Gasteiger partial charge in [0.15, 0.2) is 0 Å². The Morgan fingerprint density at radius 1 is 1.22 bits per heavy atom. The quantitative estimate of drug-likeness (QED) is 0.836. The first kappa shape index (κ1) is 12.7. The average molecular weight is 261 g/mol. The fourth-order valence-electron chi connectivity index (χ4n) is 1.44. The van der Waals surface area contributed by atoms with Crippen molar-refractivity contribution in [1.82, 2.24) is 9.97 Å². The van der Waals surface area contributed by atoms with Crippen molar-refractivity contribution < 1.29 is 4.74 Å². The Hall–Kier alpha value is -1.75. The summed E-state index contributed by atoms with van der Waals surface area (Å²) in [4.78, 5) is 9.38. The molecule has 0 fully saturated rings. The van der Waals surface area contributed by atoms with Crippen LogP contribution in [0.25, 0.3) is 0 Å². The zero-order valence-corrected chi connectivity index (χ0v) is 11.2. The normalized spacial score (nSPS) is 10.1. The molecule has 4 nitrogen and oxygen atoms in total. The van der Waals surface area contributed by atoms with E-state index in [1.165, 1.54) is 11.2 Å². The molecule has 2 aromatic rings. The lowest BCUT2D eigenvalue weighted by Gasteiger charge is -2.07. The van der Waals surface area contributed by atoms with Crippen LogP contribution in [0.15, 0.2) is 41.6 Å². The zero-order valence-electron chi connectivity index (χ0n) is 10.4. The Balaban J connectivity index is 2.09. The fraction of sp³-hybridized carbons (Fsp3) is 0.231. The summed E-state index contributed by atoms with van der Waals surface area (Å²) in [6, 6.07) is 9.69. The minimum absolute atomic E-state index is 0.540. The van der Waals surface area contributed by atoms with Crippen molar-refractivity contribution in [3.63, 3.8) is 0 Å². The van der Waals surface area contributed by atoms with Gasteiger partial charge in [-0.3, -0.25) is 0 Å². The highest BCUT2D eigenvalue weighted by Crippen LogP contribution is 2.23. The van der Waals surface area contributed by atoms with Gasteiger partial charge in [0.1, 0.15) is 17.9 Å². The van der Waals surface area contributed by atoms with Crippen LogP contribution < -0.4 is 10.1 Å². The van der Waals surface area contributed by atoms with E-state index in [1.54, 1.807) is 17.8 Å². The lowest BCUT2D eigenvalue weighted by atomic mass is 10.3. The summed E-state index contributed by atoms with van der Waals surface area (Å²) in [7, 11) is 0. The standard InChI is InChI=1S/C13H15N3OS/c1-3-14-12-8-13(16-9-15-12)17-10-4-6-11(18-2)7-5-10/h4-9H,3H2,1-2H3,(H,14,15,16). The van der Waals surface area contributed by atoms with Crippen molar-refractivity contribution in [2.24, 2.45) is 0 Å². The van der Waals surface area contributed by atoms with Gasteiger partial charge >= 0.3 is 0 Å². The van der Waals surface area contributed by atoms with Gasteiger partial charge in [-0.1, -0.05) is 0 Å². The van der Waals surface area contributed by atoms with Gasteiger partial charge in [-0.25, -0.2) is 9.97 Å². The molecule has 0 bridgehead atoms. The van der Waals surface area contributed by atoms with Crippen LogP contribution >= 0.6 is 11.8 Å². The molecule has 0 amide bonds. The first-order valence-electron chi connectivity index (χ1n) is 5.69. The van der Waals surface area contributed by atoms with Gasteiger partial charge in [-0.2, -0.15) is 0 Å². The lowest BCUT2D eigenvalue weighted by molar-refractivity contribution is 0.461. The number of hydrogen-bond acceptors (Lipinski definition) is 5. The van der Waals surface area contributed by atoms with Gasteiger partial charge in [0.25, 0.3) is 0 Å². The summed E-state index contributed by atoms with van der Waals surface area (Å²) >= 11 is 1.70. The molecule has 0 aliphatic carbocycles. The molecular weight excluding hydrogens is 246 g/mol. The second-order valence-corrected chi connectivity index (χ2v) is 4.43. The van der Waals surface area contributed by atoms with Crippen LogP contribution in [0.1, 0.15) is 6.92 Å². The molecule has 1 aromatic heterocycles. The molecule has 0 spiro atoms. The highest BCUT2D eigenvalue weighted by atomic mass is 32.2. The molecular formula is C13H15N3OS. The van der Waals surface area contributed by atoms with Gasteiger partial charge in [-0.05, 0) is 37.4 Å². The number of nitrogens with one attached hydrogen (secondary N) is 1. The molecule has 0 saturated heterocycles. The maximum Gasteiger partial charge on any atom is 0.224 e. The van der Waals surface area contributed by atoms with Gasteiger partial charge in [-0.15, -0.1) is 11.8 Å². The van der Waals surface area contributed by atoms with Gasteiger partial charge in [0.05, 0.1) is 0 Å². The van der Waals surface area contributed by atoms with Crippen molar-refractivity contribution in [1.29, 1.82) is 0 Å². The second kappa shape index (κ2) is 6.26. The SMILES string of the molecule is CCNc1cc(Oc2ccc(SC)cc2)ncn1. The number of ether oxygens (including phenoxy) is 1. The Kier molecular flexibility index (Phi) is 4.41. The number of hydrogen-bond donors (Lipinski definition) is 1. The minimum Gasteiger partial charge on any atom is -0.439 e. The molecule has 0 saturated carbocycles. The van der Waals surface area contributed by atoms with E-state index in [0.717, 1.165) is 18.1 Å². The number of aromatic nitrogens is 2. The predicted molar refractivity (Wildman–Crippen MR) is 74.5 cm³/mol. The Bertz CT molecular complexity index is 502. The molecule has 0 radical (unpaired) electrons. The number of benzene rings is 1. The molecule has 94 valence electrons. The van der Waals surface area contributed by atoms with Gasteiger partial charge < -0.3 is 10.1 Å². The average Bonchev–Trinajstić information content (AvgIpc) is 2.40. The van der Waals surface area contributed by atoms with E-state index in [1.807, 2.05) is 37.4 Å².